The van der Waals surface area contributed by atoms with Crippen LogP contribution >= 0.6 is 11.3 Å². The number of hydrogen-bond donors (Lipinski definition) is 1. The van der Waals surface area contributed by atoms with E-state index in [4.69, 9.17) is 9.47 Å². The lowest BCUT2D eigenvalue weighted by atomic mass is 10.1. The summed E-state index contributed by atoms with van der Waals surface area (Å²) in [6, 6.07) is 15.0. The lowest BCUT2D eigenvalue weighted by Crippen LogP contribution is -2.11. The predicted octanol–water partition coefficient (Wildman–Crippen LogP) is 5.95. The average Bonchev–Trinajstić information content (AvgIpc) is 3.11. The van der Waals surface area contributed by atoms with E-state index in [0.717, 1.165) is 41.1 Å². The van der Waals surface area contributed by atoms with Crippen molar-refractivity contribution in [3.05, 3.63) is 59.0 Å². The van der Waals surface area contributed by atoms with Gasteiger partial charge >= 0.3 is 0 Å². The highest BCUT2D eigenvalue weighted by Gasteiger charge is 2.14. The van der Waals surface area contributed by atoms with Gasteiger partial charge in [-0.05, 0) is 55.8 Å². The Hall–Kier alpha value is -2.86. The zero-order valence-electron chi connectivity index (χ0n) is 17.0. The molecule has 6 heteroatoms. The molecule has 1 heterocycles. The highest BCUT2D eigenvalue weighted by atomic mass is 32.1. The quantitative estimate of drug-likeness (QED) is 0.443. The van der Waals surface area contributed by atoms with Crippen molar-refractivity contribution in [2.75, 3.05) is 19.0 Å². The van der Waals surface area contributed by atoms with Gasteiger partial charge in [0.15, 0.2) is 5.13 Å². The fourth-order valence-electron chi connectivity index (χ4n) is 2.91. The first-order valence-corrected chi connectivity index (χ1v) is 10.6. The summed E-state index contributed by atoms with van der Waals surface area (Å²) in [7, 11) is 1.64. The summed E-state index contributed by atoms with van der Waals surface area (Å²) in [4.78, 5) is 18.3. The maximum Gasteiger partial charge on any atom is 0.257 e. The van der Waals surface area contributed by atoms with Crippen molar-refractivity contribution in [3.8, 4) is 22.8 Å². The van der Waals surface area contributed by atoms with Gasteiger partial charge < -0.3 is 9.47 Å². The van der Waals surface area contributed by atoms with Crippen LogP contribution in [-0.4, -0.2) is 24.6 Å². The van der Waals surface area contributed by atoms with E-state index in [1.165, 1.54) is 11.3 Å². The number of unbranched alkanes of at least 4 members (excludes halogenated alkanes) is 2. The van der Waals surface area contributed by atoms with Crippen LogP contribution in [0.15, 0.2) is 48.5 Å². The van der Waals surface area contributed by atoms with Gasteiger partial charge in [-0.1, -0.05) is 25.8 Å². The van der Waals surface area contributed by atoms with E-state index in [2.05, 4.69) is 17.2 Å². The second kappa shape index (κ2) is 10.1. The second-order valence-corrected chi connectivity index (χ2v) is 7.89. The van der Waals surface area contributed by atoms with Crippen molar-refractivity contribution in [1.82, 2.24) is 4.98 Å². The van der Waals surface area contributed by atoms with Crippen molar-refractivity contribution in [2.45, 2.75) is 33.1 Å². The number of hydrogen-bond acceptors (Lipinski definition) is 5. The number of nitrogens with zero attached hydrogens (tertiary/aromatic N) is 1. The first kappa shape index (κ1) is 20.9. The number of anilines is 1. The monoisotopic (exact) mass is 410 g/mol. The lowest BCUT2D eigenvalue weighted by Gasteiger charge is -2.07. The third kappa shape index (κ3) is 5.57. The highest BCUT2D eigenvalue weighted by Crippen LogP contribution is 2.31. The molecule has 0 unspecified atom stereocenters. The number of carbonyl (C=O) groups excluding carboxylic acids is 1. The van der Waals surface area contributed by atoms with Gasteiger partial charge in [0.1, 0.15) is 11.5 Å². The Morgan fingerprint density at radius 2 is 1.90 bits per heavy atom. The normalized spacial score (nSPS) is 10.6. The summed E-state index contributed by atoms with van der Waals surface area (Å²) < 4.78 is 10.9. The fraction of sp³-hybridized carbons (Fsp3) is 0.304. The summed E-state index contributed by atoms with van der Waals surface area (Å²) >= 11 is 1.46. The third-order valence-electron chi connectivity index (χ3n) is 4.49. The molecular weight excluding hydrogens is 384 g/mol. The molecule has 0 bridgehead atoms. The molecule has 0 saturated carbocycles. The van der Waals surface area contributed by atoms with Gasteiger partial charge in [0.2, 0.25) is 0 Å². The number of nitrogens with one attached hydrogen (secondary N) is 1. The smallest absolute Gasteiger partial charge is 0.257 e. The maximum atomic E-state index is 12.7. The van der Waals surface area contributed by atoms with Crippen LogP contribution in [0.5, 0.6) is 11.5 Å². The molecule has 152 valence electrons. The number of amides is 1. The second-order valence-electron chi connectivity index (χ2n) is 6.69. The molecule has 1 amide bonds. The molecule has 0 fully saturated rings. The number of benzene rings is 2. The number of rotatable bonds is 9. The van der Waals surface area contributed by atoms with Crippen LogP contribution < -0.4 is 14.8 Å². The zero-order valence-corrected chi connectivity index (χ0v) is 17.8. The Balaban J connectivity index is 1.68. The van der Waals surface area contributed by atoms with E-state index in [1.807, 2.05) is 43.3 Å². The van der Waals surface area contributed by atoms with E-state index < -0.39 is 0 Å². The molecule has 2 aromatic carbocycles. The van der Waals surface area contributed by atoms with Crippen LogP contribution in [-0.2, 0) is 0 Å². The first-order chi connectivity index (χ1) is 14.1. The Morgan fingerprint density at radius 3 is 2.62 bits per heavy atom. The summed E-state index contributed by atoms with van der Waals surface area (Å²) in [5, 5.41) is 3.48. The van der Waals surface area contributed by atoms with Gasteiger partial charge in [-0.25, -0.2) is 4.98 Å². The molecule has 3 rings (SSSR count). The average molecular weight is 411 g/mol. The van der Waals surface area contributed by atoms with E-state index in [1.54, 1.807) is 19.2 Å². The molecule has 3 aromatic rings. The highest BCUT2D eigenvalue weighted by molar-refractivity contribution is 7.16. The zero-order chi connectivity index (χ0) is 20.6. The molecule has 0 aliphatic rings. The SMILES string of the molecule is CCCCCOc1cccc(C(=O)Nc2nc(-c3ccc(OC)cc3)c(C)s2)c1. The van der Waals surface area contributed by atoms with Crippen LogP contribution in [0.4, 0.5) is 5.13 Å². The molecule has 5 nitrogen and oxygen atoms in total. The number of aryl methyl sites for hydroxylation is 1. The number of methoxy groups -OCH3 is 1. The summed E-state index contributed by atoms with van der Waals surface area (Å²) in [5.74, 6) is 1.31. The minimum atomic E-state index is -0.195. The third-order valence-corrected chi connectivity index (χ3v) is 5.38. The molecular formula is C23H26N2O3S. The molecule has 0 saturated heterocycles. The van der Waals surface area contributed by atoms with Crippen molar-refractivity contribution in [3.63, 3.8) is 0 Å². The van der Waals surface area contributed by atoms with Gasteiger partial charge in [0.05, 0.1) is 19.4 Å². The molecule has 0 aliphatic heterocycles. The van der Waals surface area contributed by atoms with Crippen molar-refractivity contribution >= 4 is 22.4 Å². The first-order valence-electron chi connectivity index (χ1n) is 9.76. The van der Waals surface area contributed by atoms with Gasteiger partial charge in [-0.3, -0.25) is 10.1 Å². The van der Waals surface area contributed by atoms with Crippen LogP contribution in [0.3, 0.4) is 0 Å². The van der Waals surface area contributed by atoms with Gasteiger partial charge in [-0.2, -0.15) is 0 Å². The van der Waals surface area contributed by atoms with E-state index in [0.29, 0.717) is 23.1 Å². The molecule has 0 radical (unpaired) electrons. The van der Waals surface area contributed by atoms with Gasteiger partial charge in [-0.15, -0.1) is 11.3 Å². The molecule has 0 aliphatic carbocycles. The number of thiazole rings is 1. The van der Waals surface area contributed by atoms with Crippen molar-refractivity contribution in [1.29, 1.82) is 0 Å². The Kier molecular flexibility index (Phi) is 7.25. The standard InChI is InChI=1S/C23H26N2O3S/c1-4-5-6-14-28-20-9-7-8-18(15-20)22(26)25-23-24-21(16(2)29-23)17-10-12-19(27-3)13-11-17/h7-13,15H,4-6,14H2,1-3H3,(H,24,25,26). The van der Waals surface area contributed by atoms with Crippen LogP contribution in [0, 0.1) is 6.92 Å². The van der Waals surface area contributed by atoms with Gasteiger partial charge in [0, 0.05) is 16.0 Å². The van der Waals surface area contributed by atoms with Crippen LogP contribution in [0.2, 0.25) is 0 Å². The minimum Gasteiger partial charge on any atom is -0.497 e. The summed E-state index contributed by atoms with van der Waals surface area (Å²) in [5.41, 5.74) is 2.40. The molecule has 0 spiro atoms. The molecule has 0 atom stereocenters. The number of ether oxygens (including phenoxy) is 2. The minimum absolute atomic E-state index is 0.195. The van der Waals surface area contributed by atoms with Gasteiger partial charge in [0.25, 0.3) is 5.91 Å². The van der Waals surface area contributed by atoms with Crippen molar-refractivity contribution < 1.29 is 14.3 Å². The van der Waals surface area contributed by atoms with Crippen LogP contribution in [0.1, 0.15) is 41.4 Å². The van der Waals surface area contributed by atoms with Crippen molar-refractivity contribution in [2.24, 2.45) is 0 Å². The predicted molar refractivity (Wildman–Crippen MR) is 118 cm³/mol. The largest absolute Gasteiger partial charge is 0.497 e. The fourth-order valence-corrected chi connectivity index (χ4v) is 3.74. The molecule has 1 N–H and O–H groups in total. The maximum absolute atomic E-state index is 12.7. The topological polar surface area (TPSA) is 60.5 Å². The summed E-state index contributed by atoms with van der Waals surface area (Å²) in [6.45, 7) is 4.82. The Morgan fingerprint density at radius 1 is 1.10 bits per heavy atom. The van der Waals surface area contributed by atoms with Crippen LogP contribution in [0.25, 0.3) is 11.3 Å². The Labute approximate surface area is 175 Å². The van der Waals surface area contributed by atoms with E-state index >= 15 is 0 Å². The Bertz CT molecular complexity index is 951. The lowest BCUT2D eigenvalue weighted by molar-refractivity contribution is 0.102. The number of aromatic nitrogens is 1. The van der Waals surface area contributed by atoms with E-state index in [9.17, 15) is 4.79 Å². The number of carbonyl (C=O) groups is 1. The summed E-state index contributed by atoms with van der Waals surface area (Å²) in [6.07, 6.45) is 3.30. The molecule has 29 heavy (non-hydrogen) atoms. The van der Waals surface area contributed by atoms with E-state index in [-0.39, 0.29) is 5.91 Å². The molecule has 1 aromatic heterocycles.